The Morgan fingerprint density at radius 1 is 1.00 bits per heavy atom. The highest BCUT2D eigenvalue weighted by molar-refractivity contribution is 5.78. The predicted molar refractivity (Wildman–Crippen MR) is 115 cm³/mol. The lowest BCUT2D eigenvalue weighted by molar-refractivity contribution is 0.0484. The van der Waals surface area contributed by atoms with Crippen molar-refractivity contribution in [1.82, 2.24) is 10.3 Å². The number of nitrogens with one attached hydrogen (secondary N) is 1. The second-order valence-electron chi connectivity index (χ2n) is 8.02. The number of para-hydroxylation sites is 1. The summed E-state index contributed by atoms with van der Waals surface area (Å²) in [5, 5.41) is 4.00. The summed E-state index contributed by atoms with van der Waals surface area (Å²) in [6.07, 6.45) is 1.12. The fourth-order valence-corrected chi connectivity index (χ4v) is 2.97. The summed E-state index contributed by atoms with van der Waals surface area (Å²) in [6, 6.07) is 21.7. The maximum absolute atomic E-state index is 12.3. The molecule has 0 radical (unpaired) electrons. The minimum Gasteiger partial charge on any atom is -0.475 e. The molecule has 0 aliphatic rings. The Bertz CT molecular complexity index is 936. The number of fused-ring (bicyclic) bond motifs is 1. The van der Waals surface area contributed by atoms with Crippen LogP contribution in [0.5, 0.6) is 5.88 Å². The van der Waals surface area contributed by atoms with Gasteiger partial charge in [-0.2, -0.15) is 0 Å². The molecule has 3 rings (SSSR count). The highest BCUT2D eigenvalue weighted by atomic mass is 16.6. The van der Waals surface area contributed by atoms with Crippen LogP contribution in [0.4, 0.5) is 4.79 Å². The lowest BCUT2D eigenvalue weighted by Gasteiger charge is -2.24. The summed E-state index contributed by atoms with van der Waals surface area (Å²) >= 11 is 0. The van der Waals surface area contributed by atoms with Gasteiger partial charge in [-0.25, -0.2) is 9.78 Å². The molecule has 1 N–H and O–H groups in total. The molecule has 0 aliphatic carbocycles. The van der Waals surface area contributed by atoms with Crippen molar-refractivity contribution < 1.29 is 14.3 Å². The molecule has 1 atom stereocenters. The lowest BCUT2D eigenvalue weighted by atomic mass is 10.1. The van der Waals surface area contributed by atoms with Gasteiger partial charge in [0.2, 0.25) is 5.88 Å². The molecule has 0 fully saturated rings. The maximum Gasteiger partial charge on any atom is 0.407 e. The van der Waals surface area contributed by atoms with Crippen molar-refractivity contribution in [2.45, 2.75) is 45.3 Å². The number of ether oxygens (including phenoxy) is 2. The first-order chi connectivity index (χ1) is 13.9. The van der Waals surface area contributed by atoms with E-state index in [2.05, 4.69) is 22.4 Å². The first-order valence-corrected chi connectivity index (χ1v) is 9.91. The maximum atomic E-state index is 12.3. The smallest absolute Gasteiger partial charge is 0.407 e. The molecular formula is C24H28N2O3. The van der Waals surface area contributed by atoms with Crippen molar-refractivity contribution in [2.75, 3.05) is 6.61 Å². The van der Waals surface area contributed by atoms with Gasteiger partial charge >= 0.3 is 6.09 Å². The fourth-order valence-electron chi connectivity index (χ4n) is 2.97. The highest BCUT2D eigenvalue weighted by Crippen LogP contribution is 2.17. The van der Waals surface area contributed by atoms with Gasteiger partial charge in [0.25, 0.3) is 0 Å². The number of rotatable bonds is 7. The van der Waals surface area contributed by atoms with Crippen LogP contribution < -0.4 is 10.1 Å². The van der Waals surface area contributed by atoms with E-state index in [-0.39, 0.29) is 6.04 Å². The monoisotopic (exact) mass is 392 g/mol. The second-order valence-corrected chi connectivity index (χ2v) is 8.02. The van der Waals surface area contributed by atoms with Gasteiger partial charge in [0, 0.05) is 11.5 Å². The average Bonchev–Trinajstić information content (AvgIpc) is 2.69. The zero-order chi connectivity index (χ0) is 20.7. The third-order valence-corrected chi connectivity index (χ3v) is 4.35. The molecule has 0 aliphatic heterocycles. The molecule has 0 spiro atoms. The number of pyridine rings is 1. The van der Waals surface area contributed by atoms with E-state index in [0.717, 1.165) is 23.7 Å². The second kappa shape index (κ2) is 9.41. The summed E-state index contributed by atoms with van der Waals surface area (Å²) in [5.41, 5.74) is 1.55. The third kappa shape index (κ3) is 6.79. The number of hydrogen-bond acceptors (Lipinski definition) is 4. The van der Waals surface area contributed by atoms with E-state index in [9.17, 15) is 4.79 Å². The number of aryl methyl sites for hydroxylation is 1. The number of alkyl carbamates (subject to hydrolysis) is 1. The molecule has 1 amide bonds. The first-order valence-electron chi connectivity index (χ1n) is 9.91. The van der Waals surface area contributed by atoms with E-state index in [0.29, 0.717) is 12.5 Å². The number of hydrogen-bond donors (Lipinski definition) is 1. The van der Waals surface area contributed by atoms with Crippen LogP contribution in [0.1, 0.15) is 32.8 Å². The van der Waals surface area contributed by atoms with Gasteiger partial charge in [0.15, 0.2) is 0 Å². The summed E-state index contributed by atoms with van der Waals surface area (Å²) < 4.78 is 11.3. The van der Waals surface area contributed by atoms with Gasteiger partial charge in [-0.05, 0) is 51.3 Å². The molecule has 152 valence electrons. The van der Waals surface area contributed by atoms with Crippen molar-refractivity contribution in [1.29, 1.82) is 0 Å². The number of nitrogens with zero attached hydrogens (tertiary/aromatic N) is 1. The van der Waals surface area contributed by atoms with E-state index >= 15 is 0 Å². The van der Waals surface area contributed by atoms with Crippen molar-refractivity contribution in [3.05, 3.63) is 72.3 Å². The summed E-state index contributed by atoms with van der Waals surface area (Å²) in [7, 11) is 0. The quantitative estimate of drug-likeness (QED) is 0.605. The molecule has 29 heavy (non-hydrogen) atoms. The van der Waals surface area contributed by atoms with E-state index < -0.39 is 11.7 Å². The number of carbonyl (C=O) groups excluding carboxylic acids is 1. The number of carbonyl (C=O) groups is 1. The lowest BCUT2D eigenvalue weighted by Crippen LogP contribution is -2.42. The molecule has 5 nitrogen and oxygen atoms in total. The molecule has 5 heteroatoms. The van der Waals surface area contributed by atoms with Crippen molar-refractivity contribution in [3.8, 4) is 5.88 Å². The van der Waals surface area contributed by atoms with E-state index in [1.165, 1.54) is 5.56 Å². The Kier molecular flexibility index (Phi) is 6.70. The van der Waals surface area contributed by atoms with E-state index in [1.807, 2.05) is 75.4 Å². The van der Waals surface area contributed by atoms with Gasteiger partial charge in [0.1, 0.15) is 12.2 Å². The summed E-state index contributed by atoms with van der Waals surface area (Å²) in [5.74, 6) is 0.541. The SMILES string of the molecule is CC(C)(C)OC(=O)N[C@H](CCc1ccccc1)COc1ccc2ccccc2n1. The largest absolute Gasteiger partial charge is 0.475 e. The average molecular weight is 392 g/mol. The first kappa shape index (κ1) is 20.6. The minimum atomic E-state index is -0.547. The Morgan fingerprint density at radius 3 is 2.48 bits per heavy atom. The van der Waals surface area contributed by atoms with Gasteiger partial charge in [-0.3, -0.25) is 0 Å². The highest BCUT2D eigenvalue weighted by Gasteiger charge is 2.20. The summed E-state index contributed by atoms with van der Waals surface area (Å²) in [6.45, 7) is 5.86. The number of amides is 1. The molecule has 1 aromatic heterocycles. The Morgan fingerprint density at radius 2 is 1.72 bits per heavy atom. The zero-order valence-corrected chi connectivity index (χ0v) is 17.2. The van der Waals surface area contributed by atoms with Crippen LogP contribution in [-0.2, 0) is 11.2 Å². The van der Waals surface area contributed by atoms with Gasteiger partial charge in [-0.1, -0.05) is 48.5 Å². The van der Waals surface area contributed by atoms with Crippen LogP contribution >= 0.6 is 0 Å². The van der Waals surface area contributed by atoms with Crippen LogP contribution in [0.25, 0.3) is 10.9 Å². The third-order valence-electron chi connectivity index (χ3n) is 4.35. The fraction of sp³-hybridized carbons (Fsp3) is 0.333. The molecule has 0 bridgehead atoms. The number of benzene rings is 2. The molecule has 0 saturated carbocycles. The van der Waals surface area contributed by atoms with Crippen LogP contribution in [0.3, 0.4) is 0 Å². The van der Waals surface area contributed by atoms with Crippen molar-refractivity contribution >= 4 is 17.0 Å². The Hall–Kier alpha value is -3.08. The van der Waals surface area contributed by atoms with E-state index in [4.69, 9.17) is 9.47 Å². The zero-order valence-electron chi connectivity index (χ0n) is 17.2. The summed E-state index contributed by atoms with van der Waals surface area (Å²) in [4.78, 5) is 16.8. The minimum absolute atomic E-state index is 0.196. The van der Waals surface area contributed by atoms with Crippen LogP contribution in [0.15, 0.2) is 66.7 Å². The molecule has 3 aromatic rings. The molecule has 0 unspecified atom stereocenters. The van der Waals surface area contributed by atoms with Gasteiger partial charge in [0.05, 0.1) is 11.6 Å². The normalized spacial score (nSPS) is 12.4. The molecule has 2 aromatic carbocycles. The molecular weight excluding hydrogens is 364 g/mol. The Balaban J connectivity index is 1.64. The van der Waals surface area contributed by atoms with Gasteiger partial charge < -0.3 is 14.8 Å². The molecule has 1 heterocycles. The standard InChI is InChI=1S/C24H28N2O3/c1-24(2,3)29-23(27)25-20(15-13-18-9-5-4-6-10-18)17-28-22-16-14-19-11-7-8-12-21(19)26-22/h4-12,14,16,20H,13,15,17H2,1-3H3,(H,25,27)/t20-/m1/s1. The Labute approximate surface area is 172 Å². The van der Waals surface area contributed by atoms with Crippen LogP contribution in [0.2, 0.25) is 0 Å². The topological polar surface area (TPSA) is 60.5 Å². The molecule has 0 saturated heterocycles. The van der Waals surface area contributed by atoms with Crippen molar-refractivity contribution in [2.24, 2.45) is 0 Å². The number of aromatic nitrogens is 1. The van der Waals surface area contributed by atoms with Crippen molar-refractivity contribution in [3.63, 3.8) is 0 Å². The van der Waals surface area contributed by atoms with Gasteiger partial charge in [-0.15, -0.1) is 0 Å². The predicted octanol–water partition coefficient (Wildman–Crippen LogP) is 5.14. The van der Waals surface area contributed by atoms with Crippen LogP contribution in [0, 0.1) is 0 Å². The van der Waals surface area contributed by atoms with E-state index in [1.54, 1.807) is 0 Å². The van der Waals surface area contributed by atoms with Crippen LogP contribution in [-0.4, -0.2) is 29.3 Å².